The van der Waals surface area contributed by atoms with Gasteiger partial charge in [-0.25, -0.2) is 13.1 Å². The fourth-order valence-corrected chi connectivity index (χ4v) is 5.34. The summed E-state index contributed by atoms with van der Waals surface area (Å²) < 4.78 is 37.7. The first-order valence-electron chi connectivity index (χ1n) is 11.1. The van der Waals surface area contributed by atoms with E-state index >= 15 is 0 Å². The van der Waals surface area contributed by atoms with Crippen molar-refractivity contribution < 1.29 is 27.5 Å². The highest BCUT2D eigenvalue weighted by Crippen LogP contribution is 2.51. The summed E-state index contributed by atoms with van der Waals surface area (Å²) in [6, 6.07) is 17.5. The molecule has 0 radical (unpaired) electrons. The van der Waals surface area contributed by atoms with Crippen molar-refractivity contribution in [1.82, 2.24) is 4.72 Å². The Balaban J connectivity index is 1.41. The molecule has 2 aliphatic rings. The third kappa shape index (κ3) is 4.35. The topological polar surface area (TPSA) is 111 Å². The molecule has 5 rings (SSSR count). The molecule has 8 nitrogen and oxygen atoms in total. The Hall–Kier alpha value is -3.85. The highest BCUT2D eigenvalue weighted by molar-refractivity contribution is 7.90. The van der Waals surface area contributed by atoms with E-state index in [2.05, 4.69) is 5.32 Å². The number of sulfonamides is 1. The second-order valence-corrected chi connectivity index (χ2v) is 10.5. The molecule has 0 aromatic heterocycles. The second kappa shape index (κ2) is 8.42. The van der Waals surface area contributed by atoms with Gasteiger partial charge in [0, 0.05) is 12.6 Å². The van der Waals surface area contributed by atoms with Crippen LogP contribution in [0.3, 0.4) is 0 Å². The Morgan fingerprint density at radius 3 is 2.46 bits per heavy atom. The molecule has 0 saturated heterocycles. The van der Waals surface area contributed by atoms with Crippen LogP contribution in [0.5, 0.6) is 11.5 Å². The largest absolute Gasteiger partial charge is 0.454 e. The fraction of sp³-hybridized carbons (Fsp3) is 0.231. The molecular weight excluding hydrogens is 468 g/mol. The molecule has 0 unspecified atom stereocenters. The van der Waals surface area contributed by atoms with Crippen LogP contribution in [0.4, 0.5) is 5.69 Å². The van der Waals surface area contributed by atoms with Gasteiger partial charge in [-0.3, -0.25) is 9.59 Å². The summed E-state index contributed by atoms with van der Waals surface area (Å²) in [4.78, 5) is 24.6. The van der Waals surface area contributed by atoms with Crippen molar-refractivity contribution in [1.29, 1.82) is 0 Å². The number of rotatable bonds is 6. The molecule has 0 atom stereocenters. The Bertz CT molecular complexity index is 1460. The molecule has 9 heteroatoms. The van der Waals surface area contributed by atoms with E-state index in [1.165, 1.54) is 12.1 Å². The van der Waals surface area contributed by atoms with Crippen molar-refractivity contribution in [2.45, 2.75) is 37.0 Å². The number of benzene rings is 3. The summed E-state index contributed by atoms with van der Waals surface area (Å²) in [6.07, 6.45) is 1.47. The summed E-state index contributed by atoms with van der Waals surface area (Å²) in [5.41, 5.74) is 3.23. The van der Waals surface area contributed by atoms with Gasteiger partial charge < -0.3 is 14.8 Å². The smallest absolute Gasteiger partial charge is 0.264 e. The SMILES string of the molecule is CC(=O)NS(=O)(=O)c1cccc(-c2cc(NC(=O)C3(c4ccc5c(c4)OCO5)CC3)ccc2C)c1. The minimum Gasteiger partial charge on any atom is -0.454 e. The number of amides is 2. The van der Waals surface area contributed by atoms with Crippen LogP contribution in [0.1, 0.15) is 30.9 Å². The summed E-state index contributed by atoms with van der Waals surface area (Å²) >= 11 is 0. The van der Waals surface area contributed by atoms with Crippen molar-refractivity contribution in [3.63, 3.8) is 0 Å². The fourth-order valence-electron chi connectivity index (χ4n) is 4.31. The molecule has 1 aliphatic carbocycles. The second-order valence-electron chi connectivity index (χ2n) is 8.82. The number of fused-ring (bicyclic) bond motifs is 1. The predicted octanol–water partition coefficient (Wildman–Crippen LogP) is 3.89. The van der Waals surface area contributed by atoms with E-state index < -0.39 is 21.3 Å². The molecule has 0 bridgehead atoms. The van der Waals surface area contributed by atoms with Crippen LogP contribution in [0.25, 0.3) is 11.1 Å². The van der Waals surface area contributed by atoms with Crippen LogP contribution in [0.15, 0.2) is 65.6 Å². The summed E-state index contributed by atoms with van der Waals surface area (Å²) in [7, 11) is -3.97. The maximum atomic E-state index is 13.3. The van der Waals surface area contributed by atoms with Crippen LogP contribution in [0, 0.1) is 6.92 Å². The van der Waals surface area contributed by atoms with Crippen molar-refractivity contribution in [2.75, 3.05) is 12.1 Å². The average Bonchev–Trinajstić information content (AvgIpc) is 3.50. The van der Waals surface area contributed by atoms with E-state index in [0.29, 0.717) is 22.7 Å². The predicted molar refractivity (Wildman–Crippen MR) is 130 cm³/mol. The number of carbonyl (C=O) groups excluding carboxylic acids is 2. The number of ether oxygens (including phenoxy) is 2. The molecule has 35 heavy (non-hydrogen) atoms. The molecular formula is C26H24N2O6S. The van der Waals surface area contributed by atoms with Gasteiger partial charge in [0.05, 0.1) is 10.3 Å². The number of aryl methyl sites for hydroxylation is 1. The molecule has 1 fully saturated rings. The molecule has 2 N–H and O–H groups in total. The van der Waals surface area contributed by atoms with Gasteiger partial charge in [-0.2, -0.15) is 0 Å². The van der Waals surface area contributed by atoms with Gasteiger partial charge in [0.25, 0.3) is 10.0 Å². The highest BCUT2D eigenvalue weighted by Gasteiger charge is 2.51. The third-order valence-electron chi connectivity index (χ3n) is 6.34. The first-order chi connectivity index (χ1) is 16.7. The first-order valence-corrected chi connectivity index (χ1v) is 12.6. The van der Waals surface area contributed by atoms with Crippen molar-refractivity contribution in [2.24, 2.45) is 0 Å². The minimum atomic E-state index is -3.97. The van der Waals surface area contributed by atoms with Gasteiger partial charge in [0.1, 0.15) is 0 Å². The van der Waals surface area contributed by atoms with Crippen molar-refractivity contribution in [3.8, 4) is 22.6 Å². The molecule has 1 saturated carbocycles. The third-order valence-corrected chi connectivity index (χ3v) is 7.77. The summed E-state index contributed by atoms with van der Waals surface area (Å²) in [6.45, 7) is 3.23. The molecule has 2 amide bonds. The van der Waals surface area contributed by atoms with E-state index in [-0.39, 0.29) is 17.6 Å². The monoisotopic (exact) mass is 492 g/mol. The minimum absolute atomic E-state index is 0.0150. The number of hydrogen-bond acceptors (Lipinski definition) is 6. The van der Waals surface area contributed by atoms with E-state index in [0.717, 1.165) is 36.5 Å². The number of anilines is 1. The molecule has 180 valence electrons. The van der Waals surface area contributed by atoms with Gasteiger partial charge in [-0.1, -0.05) is 24.3 Å². The number of hydrogen-bond donors (Lipinski definition) is 2. The number of nitrogens with one attached hydrogen (secondary N) is 2. The maximum Gasteiger partial charge on any atom is 0.264 e. The van der Waals surface area contributed by atoms with Gasteiger partial charge in [-0.15, -0.1) is 0 Å². The van der Waals surface area contributed by atoms with Gasteiger partial charge in [0.15, 0.2) is 11.5 Å². The van der Waals surface area contributed by atoms with Crippen molar-refractivity contribution >= 4 is 27.5 Å². The van der Waals surface area contributed by atoms with Crippen LogP contribution in [0.2, 0.25) is 0 Å². The van der Waals surface area contributed by atoms with E-state index in [4.69, 9.17) is 9.47 Å². The molecule has 0 spiro atoms. The first kappa shape index (κ1) is 22.9. The summed E-state index contributed by atoms with van der Waals surface area (Å²) in [5.74, 6) is 0.560. The number of carbonyl (C=O) groups is 2. The van der Waals surface area contributed by atoms with E-state index in [1.807, 2.05) is 48.0 Å². The van der Waals surface area contributed by atoms with E-state index in [9.17, 15) is 18.0 Å². The lowest BCUT2D eigenvalue weighted by molar-refractivity contribution is -0.118. The van der Waals surface area contributed by atoms with Crippen LogP contribution >= 0.6 is 0 Å². The average molecular weight is 493 g/mol. The van der Waals surface area contributed by atoms with Crippen molar-refractivity contribution in [3.05, 3.63) is 71.8 Å². The molecule has 1 aliphatic heterocycles. The van der Waals surface area contributed by atoms with Gasteiger partial charge in [-0.05, 0) is 78.4 Å². The zero-order valence-electron chi connectivity index (χ0n) is 19.3. The molecule has 1 heterocycles. The maximum absolute atomic E-state index is 13.3. The van der Waals surface area contributed by atoms with Crippen LogP contribution < -0.4 is 19.5 Å². The normalized spacial score (nSPS) is 15.4. The summed E-state index contributed by atoms with van der Waals surface area (Å²) in [5, 5.41) is 3.03. The Kier molecular flexibility index (Phi) is 5.52. The van der Waals surface area contributed by atoms with E-state index in [1.54, 1.807) is 12.1 Å². The quantitative estimate of drug-likeness (QED) is 0.540. The Morgan fingerprint density at radius 1 is 0.943 bits per heavy atom. The Morgan fingerprint density at radius 2 is 1.71 bits per heavy atom. The molecule has 3 aromatic carbocycles. The zero-order chi connectivity index (χ0) is 24.8. The van der Waals surface area contributed by atoms with Crippen LogP contribution in [-0.2, 0) is 25.0 Å². The standard InChI is InChI=1S/C26H24N2O6S/c1-16-6-8-20(14-22(16)18-4-3-5-21(12-18)35(31,32)28-17(2)29)27-25(30)26(10-11-26)19-7-9-23-24(13-19)34-15-33-23/h3-9,12-14H,10-11,15H2,1-2H3,(H,27,30)(H,28,29). The Labute approximate surface area is 203 Å². The lowest BCUT2D eigenvalue weighted by atomic mass is 9.94. The molecule has 3 aromatic rings. The van der Waals surface area contributed by atoms with Gasteiger partial charge in [0.2, 0.25) is 18.6 Å². The highest BCUT2D eigenvalue weighted by atomic mass is 32.2. The zero-order valence-corrected chi connectivity index (χ0v) is 20.1. The van der Waals surface area contributed by atoms with Gasteiger partial charge >= 0.3 is 0 Å². The lowest BCUT2D eigenvalue weighted by Gasteiger charge is -2.17. The lowest BCUT2D eigenvalue weighted by Crippen LogP contribution is -2.28. The van der Waals surface area contributed by atoms with Crippen LogP contribution in [-0.4, -0.2) is 27.0 Å².